The highest BCUT2D eigenvalue weighted by Crippen LogP contribution is 2.23. The summed E-state index contributed by atoms with van der Waals surface area (Å²) in [6.45, 7) is 0. The smallest absolute Gasteiger partial charge is 0.212 e. The van der Waals surface area contributed by atoms with Gasteiger partial charge in [0.15, 0.2) is 0 Å². The highest BCUT2D eigenvalue weighted by molar-refractivity contribution is 5.97. The summed E-state index contributed by atoms with van der Waals surface area (Å²) >= 11 is 0. The van der Waals surface area contributed by atoms with Gasteiger partial charge in [-0.15, -0.1) is 0 Å². The number of pyridine rings is 1. The van der Waals surface area contributed by atoms with Crippen molar-refractivity contribution in [2.45, 2.75) is 0 Å². The van der Waals surface area contributed by atoms with Gasteiger partial charge < -0.3 is 10.6 Å². The Morgan fingerprint density at radius 2 is 1.81 bits per heavy atom. The fraction of sp³-hybridized carbons (Fsp3) is 0. The van der Waals surface area contributed by atoms with Crippen LogP contribution in [0.4, 0.5) is 11.6 Å². The predicted molar refractivity (Wildman–Crippen MR) is 61.1 cm³/mol. The Hall–Kier alpha value is -2.43. The average molecular weight is 215 g/mol. The fourth-order valence-corrected chi connectivity index (χ4v) is 1.50. The maximum Gasteiger partial charge on any atom is 0.212 e. The molecule has 0 spiro atoms. The van der Waals surface area contributed by atoms with Crippen LogP contribution in [0.25, 0.3) is 10.8 Å². The second kappa shape index (κ2) is 4.39. The first-order chi connectivity index (χ1) is 7.85. The lowest BCUT2D eigenvalue weighted by atomic mass is 10.1. The van der Waals surface area contributed by atoms with Crippen molar-refractivity contribution in [2.75, 3.05) is 10.6 Å². The van der Waals surface area contributed by atoms with Gasteiger partial charge in [-0.1, -0.05) is 24.3 Å². The number of rotatable bonds is 4. The Morgan fingerprint density at radius 1 is 1.06 bits per heavy atom. The number of benzene rings is 1. The minimum Gasteiger partial charge on any atom is -0.313 e. The zero-order valence-electron chi connectivity index (χ0n) is 8.31. The van der Waals surface area contributed by atoms with Crippen molar-refractivity contribution in [2.24, 2.45) is 0 Å². The van der Waals surface area contributed by atoms with E-state index in [2.05, 4.69) is 15.6 Å². The van der Waals surface area contributed by atoms with Crippen molar-refractivity contribution >= 4 is 35.2 Å². The van der Waals surface area contributed by atoms with Gasteiger partial charge in [0.25, 0.3) is 0 Å². The molecule has 2 N–H and O–H groups in total. The highest BCUT2D eigenvalue weighted by atomic mass is 16.1. The molecule has 16 heavy (non-hydrogen) atoms. The molecule has 80 valence electrons. The lowest BCUT2D eigenvalue weighted by Crippen LogP contribution is -2.02. The SMILES string of the molecule is O=CNc1cc2ccccc2c(NC=O)n1. The molecule has 5 heteroatoms. The van der Waals surface area contributed by atoms with E-state index in [9.17, 15) is 9.59 Å². The zero-order chi connectivity index (χ0) is 11.4. The van der Waals surface area contributed by atoms with E-state index >= 15 is 0 Å². The van der Waals surface area contributed by atoms with Gasteiger partial charge in [0.1, 0.15) is 11.6 Å². The van der Waals surface area contributed by atoms with Gasteiger partial charge in [0.2, 0.25) is 12.8 Å². The third-order valence-corrected chi connectivity index (χ3v) is 2.14. The van der Waals surface area contributed by atoms with E-state index in [0.29, 0.717) is 24.5 Å². The number of nitrogens with one attached hydrogen (secondary N) is 2. The van der Waals surface area contributed by atoms with Crippen LogP contribution < -0.4 is 10.6 Å². The van der Waals surface area contributed by atoms with Crippen molar-refractivity contribution in [3.05, 3.63) is 30.3 Å². The fourth-order valence-electron chi connectivity index (χ4n) is 1.50. The number of aromatic nitrogens is 1. The molecule has 0 saturated carbocycles. The summed E-state index contributed by atoms with van der Waals surface area (Å²) < 4.78 is 0. The first-order valence-corrected chi connectivity index (χ1v) is 4.65. The summed E-state index contributed by atoms with van der Waals surface area (Å²) in [7, 11) is 0. The van der Waals surface area contributed by atoms with E-state index in [1.165, 1.54) is 0 Å². The van der Waals surface area contributed by atoms with E-state index in [1.807, 2.05) is 24.3 Å². The molecule has 2 aromatic rings. The van der Waals surface area contributed by atoms with Crippen LogP contribution in [0.5, 0.6) is 0 Å². The number of anilines is 2. The Balaban J connectivity index is 2.62. The summed E-state index contributed by atoms with van der Waals surface area (Å²) in [5, 5.41) is 6.67. The molecule has 0 aliphatic carbocycles. The van der Waals surface area contributed by atoms with Gasteiger partial charge in [-0.25, -0.2) is 4.98 Å². The topological polar surface area (TPSA) is 71.1 Å². The minimum atomic E-state index is 0.401. The van der Waals surface area contributed by atoms with Crippen LogP contribution in [0.3, 0.4) is 0 Å². The van der Waals surface area contributed by atoms with Gasteiger partial charge in [-0.2, -0.15) is 0 Å². The molecule has 2 amide bonds. The normalized spacial score (nSPS) is 9.75. The lowest BCUT2D eigenvalue weighted by Gasteiger charge is -2.06. The molecular weight excluding hydrogens is 206 g/mol. The van der Waals surface area contributed by atoms with Crippen molar-refractivity contribution < 1.29 is 9.59 Å². The largest absolute Gasteiger partial charge is 0.313 e. The van der Waals surface area contributed by atoms with Crippen LogP contribution in [0.1, 0.15) is 0 Å². The Kier molecular flexibility index (Phi) is 2.77. The molecule has 0 atom stereocenters. The van der Waals surface area contributed by atoms with Crippen molar-refractivity contribution in [1.29, 1.82) is 0 Å². The summed E-state index contributed by atoms with van der Waals surface area (Å²) in [5.74, 6) is 0.829. The summed E-state index contributed by atoms with van der Waals surface area (Å²) in [6.07, 6.45) is 1.10. The molecular formula is C11H9N3O2. The monoisotopic (exact) mass is 215 g/mol. The van der Waals surface area contributed by atoms with E-state index in [-0.39, 0.29) is 0 Å². The molecule has 5 nitrogen and oxygen atoms in total. The standard InChI is InChI=1S/C11H9N3O2/c15-6-12-10-5-8-3-1-2-4-9(8)11(14-10)13-7-16/h1-7H,(H2,12,13,14,15,16). The second-order valence-corrected chi connectivity index (χ2v) is 3.10. The molecule has 2 rings (SSSR count). The molecule has 0 saturated heterocycles. The highest BCUT2D eigenvalue weighted by Gasteiger charge is 2.04. The number of carbonyl (C=O) groups is 2. The maximum atomic E-state index is 10.4. The Bertz CT molecular complexity index is 540. The van der Waals surface area contributed by atoms with Crippen LogP contribution in [0.2, 0.25) is 0 Å². The van der Waals surface area contributed by atoms with Crippen LogP contribution in [-0.4, -0.2) is 17.8 Å². The molecule has 0 aliphatic rings. The number of fused-ring (bicyclic) bond motifs is 1. The van der Waals surface area contributed by atoms with Gasteiger partial charge in [0.05, 0.1) is 0 Å². The average Bonchev–Trinajstić information content (AvgIpc) is 2.30. The van der Waals surface area contributed by atoms with Crippen LogP contribution in [0.15, 0.2) is 30.3 Å². The molecule has 1 heterocycles. The number of carbonyl (C=O) groups excluding carboxylic acids is 2. The van der Waals surface area contributed by atoms with E-state index in [1.54, 1.807) is 6.07 Å². The van der Waals surface area contributed by atoms with E-state index in [0.717, 1.165) is 10.8 Å². The summed E-state index contributed by atoms with van der Waals surface area (Å²) in [6, 6.07) is 9.19. The third-order valence-electron chi connectivity index (χ3n) is 2.14. The van der Waals surface area contributed by atoms with Crippen LogP contribution >= 0.6 is 0 Å². The van der Waals surface area contributed by atoms with Crippen molar-refractivity contribution in [3.8, 4) is 0 Å². The quantitative estimate of drug-likeness (QED) is 0.756. The first-order valence-electron chi connectivity index (χ1n) is 4.65. The van der Waals surface area contributed by atoms with Crippen LogP contribution in [0, 0.1) is 0 Å². The summed E-state index contributed by atoms with van der Waals surface area (Å²) in [4.78, 5) is 24.9. The molecule has 0 unspecified atom stereocenters. The van der Waals surface area contributed by atoms with Gasteiger partial charge in [-0.05, 0) is 11.5 Å². The molecule has 1 aromatic carbocycles. The van der Waals surface area contributed by atoms with Gasteiger partial charge in [-0.3, -0.25) is 9.59 Å². The van der Waals surface area contributed by atoms with Gasteiger partial charge >= 0.3 is 0 Å². The summed E-state index contributed by atoms with van der Waals surface area (Å²) in [5.41, 5.74) is 0. The zero-order valence-corrected chi connectivity index (χ0v) is 8.31. The molecule has 0 bridgehead atoms. The third kappa shape index (κ3) is 1.83. The Labute approximate surface area is 91.5 Å². The van der Waals surface area contributed by atoms with Gasteiger partial charge in [0, 0.05) is 5.39 Å². The predicted octanol–water partition coefficient (Wildman–Crippen LogP) is 1.37. The number of hydrogen-bond acceptors (Lipinski definition) is 3. The number of amides is 2. The molecule has 1 aromatic heterocycles. The molecule has 0 aliphatic heterocycles. The Morgan fingerprint density at radius 3 is 2.56 bits per heavy atom. The van der Waals surface area contributed by atoms with Crippen molar-refractivity contribution in [1.82, 2.24) is 4.98 Å². The maximum absolute atomic E-state index is 10.4. The lowest BCUT2D eigenvalue weighted by molar-refractivity contribution is -0.106. The minimum absolute atomic E-state index is 0.401. The molecule has 0 radical (unpaired) electrons. The molecule has 0 fully saturated rings. The second-order valence-electron chi connectivity index (χ2n) is 3.10. The van der Waals surface area contributed by atoms with Crippen molar-refractivity contribution in [3.63, 3.8) is 0 Å². The number of nitrogens with zero attached hydrogens (tertiary/aromatic N) is 1. The first kappa shape index (κ1) is 10.1. The van der Waals surface area contributed by atoms with Crippen LogP contribution in [-0.2, 0) is 9.59 Å². The van der Waals surface area contributed by atoms with E-state index in [4.69, 9.17) is 0 Å². The number of hydrogen-bond donors (Lipinski definition) is 2. The van der Waals surface area contributed by atoms with E-state index < -0.39 is 0 Å².